The number of benzene rings is 2. The van der Waals surface area contributed by atoms with Crippen LogP contribution in [0.25, 0.3) is 10.9 Å². The lowest BCUT2D eigenvalue weighted by Crippen LogP contribution is -2.11. The van der Waals surface area contributed by atoms with Gasteiger partial charge in [-0.1, -0.05) is 24.3 Å². The van der Waals surface area contributed by atoms with Crippen molar-refractivity contribution in [2.24, 2.45) is 0 Å². The fourth-order valence-corrected chi connectivity index (χ4v) is 3.29. The molecule has 0 aliphatic rings. The average Bonchev–Trinajstić information content (AvgIpc) is 2.84. The molecule has 0 saturated carbocycles. The Kier molecular flexibility index (Phi) is 2.45. The van der Waals surface area contributed by atoms with E-state index in [4.69, 9.17) is 0 Å². The van der Waals surface area contributed by atoms with E-state index in [2.05, 4.69) is 6.07 Å². The van der Waals surface area contributed by atoms with Gasteiger partial charge in [0.25, 0.3) is 10.0 Å². The lowest BCUT2D eigenvalue weighted by atomic mass is 10.3. The standard InChI is InChI=1S/C14H10NO2S/c16-18(17,13-7-2-1-3-8-13)15-11-10-12-6-4-5-9-14(12)15/h1-3,5-11H. The Morgan fingerprint density at radius 2 is 1.78 bits per heavy atom. The summed E-state index contributed by atoms with van der Waals surface area (Å²) in [6, 6.07) is 18.3. The zero-order chi connectivity index (χ0) is 12.6. The van der Waals surface area contributed by atoms with Gasteiger partial charge < -0.3 is 0 Å². The van der Waals surface area contributed by atoms with Gasteiger partial charge in [-0.05, 0) is 36.4 Å². The summed E-state index contributed by atoms with van der Waals surface area (Å²) in [4.78, 5) is 0.287. The molecule has 2 aromatic carbocycles. The highest BCUT2D eigenvalue weighted by Crippen LogP contribution is 2.21. The largest absolute Gasteiger partial charge is 0.268 e. The van der Waals surface area contributed by atoms with E-state index in [0.717, 1.165) is 5.39 Å². The molecule has 3 nitrogen and oxygen atoms in total. The van der Waals surface area contributed by atoms with Gasteiger partial charge in [0.2, 0.25) is 0 Å². The van der Waals surface area contributed by atoms with Crippen molar-refractivity contribution in [2.45, 2.75) is 4.90 Å². The third kappa shape index (κ3) is 1.62. The molecule has 18 heavy (non-hydrogen) atoms. The summed E-state index contributed by atoms with van der Waals surface area (Å²) < 4.78 is 26.2. The molecule has 0 aliphatic carbocycles. The van der Waals surface area contributed by atoms with Crippen molar-refractivity contribution in [3.8, 4) is 0 Å². The Hall–Kier alpha value is -2.07. The normalized spacial score (nSPS) is 11.8. The molecular formula is C14H10NO2S. The first-order chi connectivity index (χ1) is 8.69. The monoisotopic (exact) mass is 256 g/mol. The molecule has 4 heteroatoms. The lowest BCUT2D eigenvalue weighted by molar-refractivity contribution is 0.589. The molecule has 0 unspecified atom stereocenters. The second-order valence-corrected chi connectivity index (χ2v) is 5.73. The topological polar surface area (TPSA) is 39.1 Å². The summed E-state index contributed by atoms with van der Waals surface area (Å²) in [5.41, 5.74) is 0.664. The van der Waals surface area contributed by atoms with E-state index in [-0.39, 0.29) is 4.90 Å². The third-order valence-corrected chi connectivity index (χ3v) is 4.50. The van der Waals surface area contributed by atoms with E-state index < -0.39 is 10.0 Å². The molecule has 0 bridgehead atoms. The molecule has 1 aromatic heterocycles. The fourth-order valence-electron chi connectivity index (χ4n) is 1.91. The van der Waals surface area contributed by atoms with Crippen LogP contribution in [0.15, 0.2) is 65.7 Å². The van der Waals surface area contributed by atoms with Crippen LogP contribution in [0.4, 0.5) is 0 Å². The maximum absolute atomic E-state index is 12.5. The molecular weight excluding hydrogens is 246 g/mol. The minimum Gasteiger partial charge on any atom is -0.241 e. The van der Waals surface area contributed by atoms with Crippen molar-refractivity contribution in [2.75, 3.05) is 0 Å². The molecule has 0 aliphatic heterocycles. The molecule has 0 saturated heterocycles. The summed E-state index contributed by atoms with van der Waals surface area (Å²) in [5.74, 6) is 0. The molecule has 0 amide bonds. The fraction of sp³-hybridized carbons (Fsp3) is 0. The van der Waals surface area contributed by atoms with Gasteiger partial charge in [0.15, 0.2) is 0 Å². The summed E-state index contributed by atoms with van der Waals surface area (Å²) in [6.07, 6.45) is 1.57. The number of nitrogens with zero attached hydrogens (tertiary/aromatic N) is 1. The highest BCUT2D eigenvalue weighted by atomic mass is 32.2. The number of hydrogen-bond acceptors (Lipinski definition) is 2. The lowest BCUT2D eigenvalue weighted by Gasteiger charge is -2.07. The minimum absolute atomic E-state index is 0.287. The van der Waals surface area contributed by atoms with E-state index in [9.17, 15) is 8.42 Å². The van der Waals surface area contributed by atoms with Crippen molar-refractivity contribution >= 4 is 20.9 Å². The van der Waals surface area contributed by atoms with Gasteiger partial charge in [0, 0.05) is 11.6 Å². The molecule has 3 rings (SSSR count). The Labute approximate surface area is 105 Å². The van der Waals surface area contributed by atoms with Crippen LogP contribution in [0.2, 0.25) is 0 Å². The summed E-state index contributed by atoms with van der Waals surface area (Å²) >= 11 is 0. The van der Waals surface area contributed by atoms with Crippen LogP contribution < -0.4 is 0 Å². The van der Waals surface area contributed by atoms with Crippen molar-refractivity contribution < 1.29 is 8.42 Å². The molecule has 1 heterocycles. The van der Waals surface area contributed by atoms with Crippen molar-refractivity contribution in [1.82, 2.24) is 3.97 Å². The first-order valence-electron chi connectivity index (χ1n) is 5.47. The molecule has 1 radical (unpaired) electrons. The van der Waals surface area contributed by atoms with Crippen molar-refractivity contribution in [3.05, 3.63) is 66.9 Å². The Morgan fingerprint density at radius 1 is 1.00 bits per heavy atom. The van der Waals surface area contributed by atoms with Crippen molar-refractivity contribution in [1.29, 1.82) is 0 Å². The number of rotatable bonds is 2. The summed E-state index contributed by atoms with van der Waals surface area (Å²) in [6.45, 7) is 0. The Balaban J connectivity index is 2.27. The maximum Gasteiger partial charge on any atom is 0.268 e. The van der Waals surface area contributed by atoms with E-state index in [1.165, 1.54) is 3.97 Å². The second kappa shape index (κ2) is 3.99. The van der Waals surface area contributed by atoms with E-state index in [1.807, 2.05) is 0 Å². The second-order valence-electron chi connectivity index (χ2n) is 3.91. The van der Waals surface area contributed by atoms with Crippen LogP contribution in [0.3, 0.4) is 0 Å². The summed E-state index contributed by atoms with van der Waals surface area (Å²) in [7, 11) is -3.52. The van der Waals surface area contributed by atoms with Gasteiger partial charge in [-0.15, -0.1) is 0 Å². The van der Waals surface area contributed by atoms with Gasteiger partial charge in [0.1, 0.15) is 0 Å². The molecule has 0 atom stereocenters. The van der Waals surface area contributed by atoms with E-state index in [1.54, 1.807) is 60.8 Å². The van der Waals surface area contributed by atoms with Crippen LogP contribution in [0, 0.1) is 6.07 Å². The smallest absolute Gasteiger partial charge is 0.241 e. The molecule has 0 fully saturated rings. The zero-order valence-corrected chi connectivity index (χ0v) is 10.3. The quantitative estimate of drug-likeness (QED) is 0.707. The molecule has 89 valence electrons. The van der Waals surface area contributed by atoms with Crippen LogP contribution in [-0.2, 0) is 10.0 Å². The van der Waals surface area contributed by atoms with Crippen molar-refractivity contribution in [3.63, 3.8) is 0 Å². The maximum atomic E-state index is 12.5. The highest BCUT2D eigenvalue weighted by Gasteiger charge is 2.17. The minimum atomic E-state index is -3.52. The Bertz CT molecular complexity index is 789. The number of fused-ring (bicyclic) bond motifs is 1. The van der Waals surface area contributed by atoms with Gasteiger partial charge in [-0.2, -0.15) is 0 Å². The van der Waals surface area contributed by atoms with Crippen LogP contribution in [0.5, 0.6) is 0 Å². The molecule has 0 N–H and O–H groups in total. The van der Waals surface area contributed by atoms with Gasteiger partial charge in [-0.25, -0.2) is 12.4 Å². The van der Waals surface area contributed by atoms with Crippen LogP contribution in [0.1, 0.15) is 0 Å². The summed E-state index contributed by atoms with van der Waals surface area (Å²) in [5, 5.41) is 0.858. The Morgan fingerprint density at radius 3 is 2.56 bits per heavy atom. The van der Waals surface area contributed by atoms with Gasteiger partial charge in [-0.3, -0.25) is 0 Å². The third-order valence-electron chi connectivity index (χ3n) is 2.80. The van der Waals surface area contributed by atoms with Crippen LogP contribution >= 0.6 is 0 Å². The van der Waals surface area contributed by atoms with E-state index in [0.29, 0.717) is 5.52 Å². The number of hydrogen-bond donors (Lipinski definition) is 0. The van der Waals surface area contributed by atoms with Gasteiger partial charge >= 0.3 is 0 Å². The zero-order valence-electron chi connectivity index (χ0n) is 9.45. The number of aromatic nitrogens is 1. The van der Waals surface area contributed by atoms with Gasteiger partial charge in [0.05, 0.1) is 10.4 Å². The van der Waals surface area contributed by atoms with E-state index >= 15 is 0 Å². The first kappa shape index (κ1) is 11.0. The highest BCUT2D eigenvalue weighted by molar-refractivity contribution is 7.90. The molecule has 3 aromatic rings. The SMILES string of the molecule is O=S(=O)(c1ccccc1)n1ccc2c[c]ccc21. The average molecular weight is 256 g/mol. The molecule has 0 spiro atoms. The van der Waals surface area contributed by atoms with Crippen LogP contribution in [-0.4, -0.2) is 12.4 Å². The predicted octanol–water partition coefficient (Wildman–Crippen LogP) is 2.68. The first-order valence-corrected chi connectivity index (χ1v) is 6.91. The predicted molar refractivity (Wildman–Crippen MR) is 69.8 cm³/mol.